The van der Waals surface area contributed by atoms with Gasteiger partial charge in [0, 0.05) is 43.0 Å². The second kappa shape index (κ2) is 5.87. The summed E-state index contributed by atoms with van der Waals surface area (Å²) in [5, 5.41) is 4.18. The summed E-state index contributed by atoms with van der Waals surface area (Å²) >= 11 is 0. The Kier molecular flexibility index (Phi) is 3.37. The molecule has 0 amide bonds. The molecule has 0 aliphatic carbocycles. The zero-order valence-electron chi connectivity index (χ0n) is 15.7. The molecule has 2 aliphatic heterocycles. The van der Waals surface area contributed by atoms with Gasteiger partial charge in [-0.1, -0.05) is 0 Å². The molecule has 0 radical (unpaired) electrons. The van der Waals surface area contributed by atoms with Gasteiger partial charge in [0.25, 0.3) is 0 Å². The van der Waals surface area contributed by atoms with E-state index in [2.05, 4.69) is 20.2 Å². The van der Waals surface area contributed by atoms with E-state index in [9.17, 15) is 9.18 Å². The maximum atomic E-state index is 14.2. The number of nitrogens with zero attached hydrogens (tertiary/aromatic N) is 4. The highest BCUT2D eigenvalue weighted by atomic mass is 19.1. The Morgan fingerprint density at radius 1 is 1.24 bits per heavy atom. The smallest absolute Gasteiger partial charge is 0.347 e. The second-order valence-electron chi connectivity index (χ2n) is 7.88. The predicted molar refractivity (Wildman–Crippen MR) is 107 cm³/mol. The van der Waals surface area contributed by atoms with Crippen molar-refractivity contribution < 1.29 is 8.81 Å². The Balaban J connectivity index is 1.44. The number of halogens is 1. The van der Waals surface area contributed by atoms with Crippen LogP contribution in [0.2, 0.25) is 0 Å². The maximum Gasteiger partial charge on any atom is 0.347 e. The van der Waals surface area contributed by atoms with E-state index in [1.165, 1.54) is 6.07 Å². The lowest BCUT2D eigenvalue weighted by Gasteiger charge is -2.28. The molecular weight excluding hydrogens is 373 g/mol. The van der Waals surface area contributed by atoms with Gasteiger partial charge in [0.2, 0.25) is 5.71 Å². The lowest BCUT2D eigenvalue weighted by atomic mass is 10.2. The van der Waals surface area contributed by atoms with Crippen LogP contribution in [0.1, 0.15) is 12.0 Å². The average Bonchev–Trinajstić information content (AvgIpc) is 3.42. The molecule has 0 aromatic carbocycles. The van der Waals surface area contributed by atoms with Gasteiger partial charge in [-0.25, -0.2) is 14.2 Å². The number of fused-ring (bicyclic) bond motifs is 4. The third-order valence-electron chi connectivity index (χ3n) is 5.85. The molecule has 6 rings (SSSR count). The van der Waals surface area contributed by atoms with Crippen LogP contribution in [-0.4, -0.2) is 39.5 Å². The van der Waals surface area contributed by atoms with Gasteiger partial charge in [0.05, 0.1) is 11.3 Å². The normalized spacial score (nSPS) is 21.0. The lowest BCUT2D eigenvalue weighted by molar-refractivity contribution is 0.547. The number of piperazine rings is 1. The van der Waals surface area contributed by atoms with E-state index >= 15 is 0 Å². The summed E-state index contributed by atoms with van der Waals surface area (Å²) in [6.45, 7) is 3.67. The Morgan fingerprint density at radius 3 is 2.93 bits per heavy atom. The quantitative estimate of drug-likeness (QED) is 0.566. The monoisotopic (exact) mass is 391 g/mol. The number of aromatic nitrogens is 3. The van der Waals surface area contributed by atoms with Gasteiger partial charge in [-0.05, 0) is 43.2 Å². The van der Waals surface area contributed by atoms with Crippen LogP contribution in [0, 0.1) is 12.7 Å². The fourth-order valence-electron chi connectivity index (χ4n) is 4.49. The number of pyridine rings is 2. The van der Waals surface area contributed by atoms with E-state index in [0.717, 1.165) is 30.9 Å². The molecule has 4 aromatic heterocycles. The summed E-state index contributed by atoms with van der Waals surface area (Å²) < 4.78 is 21.3. The number of hydrogen-bond donors (Lipinski definition) is 1. The van der Waals surface area contributed by atoms with Crippen LogP contribution in [-0.2, 0) is 0 Å². The molecule has 2 saturated heterocycles. The van der Waals surface area contributed by atoms with E-state index in [0.29, 0.717) is 28.9 Å². The summed E-state index contributed by atoms with van der Waals surface area (Å²) in [7, 11) is 0. The Bertz CT molecular complexity index is 1340. The van der Waals surface area contributed by atoms with Crippen LogP contribution in [0.15, 0.2) is 45.9 Å². The highest BCUT2D eigenvalue weighted by molar-refractivity contribution is 5.80. The Morgan fingerprint density at radius 2 is 2.14 bits per heavy atom. The van der Waals surface area contributed by atoms with Crippen LogP contribution in [0.3, 0.4) is 0 Å². The summed E-state index contributed by atoms with van der Waals surface area (Å²) in [6, 6.07) is 7.94. The van der Waals surface area contributed by atoms with Crippen molar-refractivity contribution in [2.24, 2.45) is 0 Å². The fraction of sp³-hybridized carbons (Fsp3) is 0.286. The van der Waals surface area contributed by atoms with Gasteiger partial charge < -0.3 is 19.0 Å². The summed E-state index contributed by atoms with van der Waals surface area (Å²) in [5.41, 5.74) is 1.38. The molecule has 2 bridgehead atoms. The minimum atomic E-state index is -0.535. The SMILES string of the molecule is Cc1cc(F)c2nc(-c3cc4ccc(N5CC6CC5CN6)nc4oc3=O)cn2c1. The molecule has 2 unspecified atom stereocenters. The second-order valence-corrected chi connectivity index (χ2v) is 7.88. The Labute approximate surface area is 164 Å². The van der Waals surface area contributed by atoms with Crippen LogP contribution < -0.4 is 15.8 Å². The summed E-state index contributed by atoms with van der Waals surface area (Å²) in [6.07, 6.45) is 4.52. The van der Waals surface area contributed by atoms with Crippen LogP contribution in [0.4, 0.5) is 10.2 Å². The van der Waals surface area contributed by atoms with E-state index in [1.54, 1.807) is 29.8 Å². The van der Waals surface area contributed by atoms with E-state index in [-0.39, 0.29) is 11.2 Å². The largest absolute Gasteiger partial charge is 0.403 e. The number of nitrogens with one attached hydrogen (secondary N) is 1. The summed E-state index contributed by atoms with van der Waals surface area (Å²) in [4.78, 5) is 23.8. The van der Waals surface area contributed by atoms with Gasteiger partial charge in [-0.15, -0.1) is 0 Å². The van der Waals surface area contributed by atoms with Gasteiger partial charge in [-0.3, -0.25) is 0 Å². The minimum Gasteiger partial charge on any atom is -0.403 e. The number of hydrogen-bond acceptors (Lipinski definition) is 6. The van der Waals surface area contributed by atoms with E-state index in [4.69, 9.17) is 4.42 Å². The van der Waals surface area contributed by atoms with Gasteiger partial charge in [0.1, 0.15) is 5.82 Å². The Hall–Kier alpha value is -3.26. The van der Waals surface area contributed by atoms with Crippen molar-refractivity contribution in [1.82, 2.24) is 19.7 Å². The highest BCUT2D eigenvalue weighted by Gasteiger charge is 2.38. The topological polar surface area (TPSA) is 75.7 Å². The standard InChI is InChI=1S/C21H18FN5O2/c1-11-4-16(22)19-24-17(10-26(19)8-11)15-5-12-2-3-18(25-20(12)29-21(15)28)27-9-13-6-14(27)7-23-13/h2-5,8,10,13-14,23H,6-7,9H2,1H3. The minimum absolute atomic E-state index is 0.177. The molecule has 2 aliphatic rings. The molecule has 4 aromatic rings. The van der Waals surface area contributed by atoms with Crippen LogP contribution in [0.25, 0.3) is 28.0 Å². The van der Waals surface area contributed by atoms with Gasteiger partial charge in [0.15, 0.2) is 11.5 Å². The molecule has 0 spiro atoms. The summed E-state index contributed by atoms with van der Waals surface area (Å²) in [5.74, 6) is 0.398. The van der Waals surface area contributed by atoms with Crippen molar-refractivity contribution in [1.29, 1.82) is 0 Å². The first kappa shape index (κ1) is 16.7. The molecule has 1 N–H and O–H groups in total. The molecular formula is C21H18FN5O2. The van der Waals surface area contributed by atoms with Crippen molar-refractivity contribution in [2.45, 2.75) is 25.4 Å². The third-order valence-corrected chi connectivity index (χ3v) is 5.85. The molecule has 2 fully saturated rings. The van der Waals surface area contributed by atoms with Crippen LogP contribution >= 0.6 is 0 Å². The number of anilines is 1. The van der Waals surface area contributed by atoms with Gasteiger partial charge in [-0.2, -0.15) is 4.98 Å². The van der Waals surface area contributed by atoms with Crippen molar-refractivity contribution in [2.75, 3.05) is 18.0 Å². The van der Waals surface area contributed by atoms with Crippen molar-refractivity contribution in [3.63, 3.8) is 0 Å². The van der Waals surface area contributed by atoms with Crippen molar-refractivity contribution >= 4 is 22.6 Å². The van der Waals surface area contributed by atoms with Gasteiger partial charge >= 0.3 is 5.63 Å². The lowest BCUT2D eigenvalue weighted by Crippen LogP contribution is -2.43. The number of imidazole rings is 1. The molecule has 29 heavy (non-hydrogen) atoms. The molecule has 8 heteroatoms. The molecule has 2 atom stereocenters. The third kappa shape index (κ3) is 2.56. The molecule has 146 valence electrons. The van der Waals surface area contributed by atoms with Crippen molar-refractivity contribution in [3.05, 3.63) is 58.5 Å². The highest BCUT2D eigenvalue weighted by Crippen LogP contribution is 2.30. The first-order chi connectivity index (χ1) is 14.0. The van der Waals surface area contributed by atoms with E-state index < -0.39 is 11.4 Å². The van der Waals surface area contributed by atoms with E-state index in [1.807, 2.05) is 12.1 Å². The zero-order valence-corrected chi connectivity index (χ0v) is 15.7. The zero-order chi connectivity index (χ0) is 19.7. The first-order valence-corrected chi connectivity index (χ1v) is 9.65. The molecule has 6 heterocycles. The fourth-order valence-corrected chi connectivity index (χ4v) is 4.49. The average molecular weight is 391 g/mol. The number of aryl methyl sites for hydroxylation is 1. The molecule has 7 nitrogen and oxygen atoms in total. The van der Waals surface area contributed by atoms with Crippen LogP contribution in [0.5, 0.6) is 0 Å². The predicted octanol–water partition coefficient (Wildman–Crippen LogP) is 2.50. The van der Waals surface area contributed by atoms with Crippen molar-refractivity contribution in [3.8, 4) is 11.3 Å². The first-order valence-electron chi connectivity index (χ1n) is 9.65. The molecule has 0 saturated carbocycles. The number of rotatable bonds is 2. The maximum absolute atomic E-state index is 14.2.